The van der Waals surface area contributed by atoms with E-state index in [-0.39, 0.29) is 17.9 Å². The van der Waals surface area contributed by atoms with E-state index in [9.17, 15) is 4.79 Å². The number of hydrogen-bond acceptors (Lipinski definition) is 4. The third kappa shape index (κ3) is 2.90. The van der Waals surface area contributed by atoms with Crippen molar-refractivity contribution in [1.82, 2.24) is 10.6 Å². The maximum atomic E-state index is 12.3. The first kappa shape index (κ1) is 14.0. The molecule has 110 valence electrons. The second-order valence-corrected chi connectivity index (χ2v) is 6.76. The highest BCUT2D eigenvalue weighted by molar-refractivity contribution is 7.12. The fourth-order valence-corrected chi connectivity index (χ4v) is 4.26. The summed E-state index contributed by atoms with van der Waals surface area (Å²) in [6.45, 7) is 4.76. The van der Waals surface area contributed by atoms with Gasteiger partial charge in [0.25, 0.3) is 0 Å². The molecule has 1 aromatic heterocycles. The van der Waals surface area contributed by atoms with Gasteiger partial charge < -0.3 is 15.4 Å². The highest BCUT2D eigenvalue weighted by Gasteiger charge is 2.33. The van der Waals surface area contributed by atoms with Crippen LogP contribution in [-0.4, -0.2) is 31.7 Å². The van der Waals surface area contributed by atoms with Gasteiger partial charge in [0, 0.05) is 15.8 Å². The van der Waals surface area contributed by atoms with Gasteiger partial charge in [-0.15, -0.1) is 11.3 Å². The van der Waals surface area contributed by atoms with Gasteiger partial charge in [0.2, 0.25) is 5.91 Å². The molecule has 1 fully saturated rings. The molecule has 2 unspecified atom stereocenters. The number of carbonyl (C=O) groups is 1. The Morgan fingerprint density at radius 2 is 2.35 bits per heavy atom. The lowest BCUT2D eigenvalue weighted by Crippen LogP contribution is -2.43. The van der Waals surface area contributed by atoms with Crippen LogP contribution in [0.4, 0.5) is 0 Å². The number of thiophene rings is 1. The largest absolute Gasteiger partial charge is 0.379 e. The van der Waals surface area contributed by atoms with Crippen molar-refractivity contribution < 1.29 is 9.53 Å². The molecule has 1 aromatic rings. The van der Waals surface area contributed by atoms with Gasteiger partial charge in [-0.1, -0.05) is 6.92 Å². The summed E-state index contributed by atoms with van der Waals surface area (Å²) >= 11 is 1.86. The van der Waals surface area contributed by atoms with Crippen molar-refractivity contribution in [2.45, 2.75) is 38.8 Å². The minimum absolute atomic E-state index is 0.0539. The second kappa shape index (κ2) is 6.24. The summed E-state index contributed by atoms with van der Waals surface area (Å²) < 4.78 is 5.42. The molecule has 1 amide bonds. The fourth-order valence-electron chi connectivity index (χ4n) is 3.06. The normalized spacial score (nSPS) is 24.9. The van der Waals surface area contributed by atoms with Crippen LogP contribution >= 0.6 is 11.3 Å². The Morgan fingerprint density at radius 3 is 3.15 bits per heavy atom. The molecule has 5 heteroatoms. The van der Waals surface area contributed by atoms with Gasteiger partial charge >= 0.3 is 0 Å². The van der Waals surface area contributed by atoms with Gasteiger partial charge in [-0.2, -0.15) is 0 Å². The van der Waals surface area contributed by atoms with Gasteiger partial charge in [-0.05, 0) is 37.4 Å². The molecule has 2 atom stereocenters. The molecular formula is C15H22N2O2S. The molecule has 20 heavy (non-hydrogen) atoms. The zero-order valence-corrected chi connectivity index (χ0v) is 12.7. The predicted molar refractivity (Wildman–Crippen MR) is 80.0 cm³/mol. The Labute approximate surface area is 123 Å². The monoisotopic (exact) mass is 294 g/mol. The Hall–Kier alpha value is -0.910. The molecule has 1 saturated heterocycles. The van der Waals surface area contributed by atoms with E-state index in [1.165, 1.54) is 34.6 Å². The molecule has 2 aliphatic rings. The van der Waals surface area contributed by atoms with E-state index >= 15 is 0 Å². The maximum absolute atomic E-state index is 12.3. The molecule has 4 nitrogen and oxygen atoms in total. The van der Waals surface area contributed by atoms with E-state index < -0.39 is 0 Å². The zero-order valence-electron chi connectivity index (χ0n) is 11.9. The quantitative estimate of drug-likeness (QED) is 0.865. The standard InChI is InChI=1S/C15H22N2O2S/c1-2-16-13-9-19-8-12(13)15(18)17-7-11-6-10-4-3-5-14(10)20-11/h6,12-13,16H,2-5,7-9H2,1H3,(H,17,18). The van der Waals surface area contributed by atoms with Crippen LogP contribution in [0.25, 0.3) is 0 Å². The van der Waals surface area contributed by atoms with Crippen LogP contribution in [0, 0.1) is 5.92 Å². The highest BCUT2D eigenvalue weighted by atomic mass is 32.1. The van der Waals surface area contributed by atoms with E-state index in [1.807, 2.05) is 11.3 Å². The number of likely N-dealkylation sites (N-methyl/N-ethyl adjacent to an activating group) is 1. The smallest absolute Gasteiger partial charge is 0.227 e. The maximum Gasteiger partial charge on any atom is 0.227 e. The molecule has 1 aliphatic carbocycles. The number of aryl methyl sites for hydroxylation is 2. The van der Waals surface area contributed by atoms with Crippen LogP contribution in [-0.2, 0) is 28.9 Å². The average molecular weight is 294 g/mol. The summed E-state index contributed by atoms with van der Waals surface area (Å²) in [6, 6.07) is 2.42. The van der Waals surface area contributed by atoms with Gasteiger partial charge in [-0.3, -0.25) is 4.79 Å². The number of fused-ring (bicyclic) bond motifs is 1. The SMILES string of the molecule is CCNC1COCC1C(=O)NCc1cc2c(s1)CCC2. The van der Waals surface area contributed by atoms with Crippen LogP contribution in [0.15, 0.2) is 6.07 Å². The summed E-state index contributed by atoms with van der Waals surface area (Å²) in [5.41, 5.74) is 1.49. The number of hydrogen-bond donors (Lipinski definition) is 2. The van der Waals surface area contributed by atoms with Gasteiger partial charge in [0.05, 0.1) is 25.7 Å². The number of carbonyl (C=O) groups excluding carboxylic acids is 1. The Kier molecular flexibility index (Phi) is 4.38. The van der Waals surface area contributed by atoms with Crippen LogP contribution in [0.3, 0.4) is 0 Å². The predicted octanol–water partition coefficient (Wildman–Crippen LogP) is 1.48. The third-order valence-electron chi connectivity index (χ3n) is 4.12. The van der Waals surface area contributed by atoms with Crippen molar-refractivity contribution in [2.75, 3.05) is 19.8 Å². The van der Waals surface area contributed by atoms with Crippen LogP contribution < -0.4 is 10.6 Å². The van der Waals surface area contributed by atoms with E-state index in [0.29, 0.717) is 19.8 Å². The van der Waals surface area contributed by atoms with Crippen LogP contribution in [0.2, 0.25) is 0 Å². The fraction of sp³-hybridized carbons (Fsp3) is 0.667. The summed E-state index contributed by atoms with van der Waals surface area (Å²) in [7, 11) is 0. The average Bonchev–Trinajstić information content (AvgIpc) is 3.11. The van der Waals surface area contributed by atoms with E-state index in [4.69, 9.17) is 4.74 Å². The Morgan fingerprint density at radius 1 is 1.45 bits per heavy atom. The number of amides is 1. The summed E-state index contributed by atoms with van der Waals surface area (Å²) in [5.74, 6) is 0.0590. The van der Waals surface area contributed by atoms with Crippen molar-refractivity contribution in [3.63, 3.8) is 0 Å². The van der Waals surface area contributed by atoms with Crippen molar-refractivity contribution in [1.29, 1.82) is 0 Å². The Balaban J connectivity index is 1.53. The minimum Gasteiger partial charge on any atom is -0.379 e. The first-order valence-electron chi connectivity index (χ1n) is 7.47. The van der Waals surface area contributed by atoms with Crippen molar-refractivity contribution >= 4 is 17.2 Å². The molecule has 0 aromatic carbocycles. The van der Waals surface area contributed by atoms with Crippen molar-refractivity contribution in [3.8, 4) is 0 Å². The van der Waals surface area contributed by atoms with Crippen LogP contribution in [0.5, 0.6) is 0 Å². The van der Waals surface area contributed by atoms with E-state index in [1.54, 1.807) is 0 Å². The second-order valence-electron chi connectivity index (χ2n) is 5.54. The molecule has 0 radical (unpaired) electrons. The van der Waals surface area contributed by atoms with Gasteiger partial charge in [0.15, 0.2) is 0 Å². The summed E-state index contributed by atoms with van der Waals surface area (Å²) in [4.78, 5) is 15.0. The molecular weight excluding hydrogens is 272 g/mol. The Bertz CT molecular complexity index is 465. The van der Waals surface area contributed by atoms with E-state index in [0.717, 1.165) is 6.54 Å². The van der Waals surface area contributed by atoms with Gasteiger partial charge in [-0.25, -0.2) is 0 Å². The lowest BCUT2D eigenvalue weighted by Gasteiger charge is -2.17. The number of ether oxygens (including phenoxy) is 1. The topological polar surface area (TPSA) is 50.4 Å². The number of rotatable bonds is 5. The lowest BCUT2D eigenvalue weighted by atomic mass is 10.0. The molecule has 3 rings (SSSR count). The lowest BCUT2D eigenvalue weighted by molar-refractivity contribution is -0.125. The zero-order chi connectivity index (χ0) is 13.9. The van der Waals surface area contributed by atoms with Gasteiger partial charge in [0.1, 0.15) is 0 Å². The van der Waals surface area contributed by atoms with Crippen molar-refractivity contribution in [2.24, 2.45) is 5.92 Å². The molecule has 2 N–H and O–H groups in total. The van der Waals surface area contributed by atoms with Crippen molar-refractivity contribution in [3.05, 3.63) is 21.4 Å². The highest BCUT2D eigenvalue weighted by Crippen LogP contribution is 2.30. The minimum atomic E-state index is -0.0539. The van der Waals surface area contributed by atoms with Crippen LogP contribution in [0.1, 0.15) is 28.7 Å². The molecule has 0 spiro atoms. The van der Waals surface area contributed by atoms with E-state index in [2.05, 4.69) is 23.6 Å². The molecule has 0 bridgehead atoms. The third-order valence-corrected chi connectivity index (χ3v) is 5.36. The summed E-state index contributed by atoms with van der Waals surface area (Å²) in [6.07, 6.45) is 3.71. The first-order chi connectivity index (χ1) is 9.78. The summed E-state index contributed by atoms with van der Waals surface area (Å²) in [5, 5.41) is 6.39. The molecule has 0 saturated carbocycles. The number of nitrogens with one attached hydrogen (secondary N) is 2. The first-order valence-corrected chi connectivity index (χ1v) is 8.29. The molecule has 1 aliphatic heterocycles. The molecule has 2 heterocycles.